The Morgan fingerprint density at radius 3 is 2.14 bits per heavy atom. The lowest BCUT2D eigenvalue weighted by Crippen LogP contribution is -2.53. The zero-order valence-corrected chi connectivity index (χ0v) is 12.1. The molecule has 0 saturated carbocycles. The lowest BCUT2D eigenvalue weighted by Gasteiger charge is -2.25. The molecule has 0 aliphatic carbocycles. The molecule has 1 aliphatic rings. The summed E-state index contributed by atoms with van der Waals surface area (Å²) in [7, 11) is -3.14. The minimum absolute atomic E-state index is 0.105. The summed E-state index contributed by atoms with van der Waals surface area (Å²) in [4.78, 5) is 35.8. The van der Waals surface area contributed by atoms with Crippen molar-refractivity contribution in [2.45, 2.75) is 5.75 Å². The third-order valence-electron chi connectivity index (χ3n) is 2.86. The molecule has 1 aliphatic heterocycles. The second-order valence-corrected chi connectivity index (χ2v) is 7.04. The molecule has 0 bridgehead atoms. The van der Waals surface area contributed by atoms with E-state index >= 15 is 0 Å². The predicted octanol–water partition coefficient (Wildman–Crippen LogP) is -0.670. The average molecular weight is 310 g/mol. The number of carbonyl (C=O) groups is 3. The molecule has 0 radical (unpaired) electrons. The van der Waals surface area contributed by atoms with Crippen molar-refractivity contribution >= 4 is 27.6 Å². The maximum absolute atomic E-state index is 12.2. The fraction of sp³-hybridized carbons (Fsp3) is 0.308. The number of imide groups is 1. The van der Waals surface area contributed by atoms with Crippen molar-refractivity contribution < 1.29 is 22.8 Å². The van der Waals surface area contributed by atoms with Gasteiger partial charge in [0.2, 0.25) is 11.8 Å². The van der Waals surface area contributed by atoms with E-state index in [1.54, 1.807) is 12.1 Å². The molecule has 21 heavy (non-hydrogen) atoms. The van der Waals surface area contributed by atoms with E-state index in [0.29, 0.717) is 11.1 Å². The van der Waals surface area contributed by atoms with Gasteiger partial charge in [-0.3, -0.25) is 19.7 Å². The van der Waals surface area contributed by atoms with E-state index < -0.39 is 27.6 Å². The van der Waals surface area contributed by atoms with Crippen LogP contribution < -0.4 is 5.32 Å². The van der Waals surface area contributed by atoms with Crippen molar-refractivity contribution in [2.24, 2.45) is 0 Å². The minimum Gasteiger partial charge on any atom is -0.320 e. The maximum atomic E-state index is 12.2. The fourth-order valence-electron chi connectivity index (χ4n) is 2.01. The first kappa shape index (κ1) is 15.2. The molecule has 1 saturated heterocycles. The van der Waals surface area contributed by atoms with Crippen LogP contribution in [0.15, 0.2) is 24.3 Å². The molecule has 0 spiro atoms. The molecule has 1 aromatic rings. The smallest absolute Gasteiger partial charge is 0.254 e. The third-order valence-corrected chi connectivity index (χ3v) is 3.72. The van der Waals surface area contributed by atoms with E-state index in [1.807, 2.05) is 0 Å². The van der Waals surface area contributed by atoms with Crippen molar-refractivity contribution in [3.05, 3.63) is 35.4 Å². The number of carbonyl (C=O) groups excluding carboxylic acids is 3. The van der Waals surface area contributed by atoms with Crippen molar-refractivity contribution in [3.8, 4) is 0 Å². The van der Waals surface area contributed by atoms with Crippen LogP contribution in [0.5, 0.6) is 0 Å². The van der Waals surface area contributed by atoms with Crippen LogP contribution in [0, 0.1) is 0 Å². The fourth-order valence-corrected chi connectivity index (χ4v) is 2.81. The van der Waals surface area contributed by atoms with Gasteiger partial charge >= 0.3 is 0 Å². The molecule has 2 rings (SSSR count). The lowest BCUT2D eigenvalue weighted by molar-refractivity contribution is -0.135. The molecule has 3 amide bonds. The highest BCUT2D eigenvalue weighted by atomic mass is 32.2. The molecular weight excluding hydrogens is 296 g/mol. The van der Waals surface area contributed by atoms with Crippen LogP contribution in [0.25, 0.3) is 0 Å². The Hall–Kier alpha value is -2.22. The summed E-state index contributed by atoms with van der Waals surface area (Å²) in [5.74, 6) is -1.59. The van der Waals surface area contributed by atoms with E-state index in [9.17, 15) is 22.8 Å². The number of benzene rings is 1. The molecular formula is C13H14N2O5S. The average Bonchev–Trinajstić information content (AvgIpc) is 2.35. The number of nitrogens with one attached hydrogen (secondary N) is 1. The summed E-state index contributed by atoms with van der Waals surface area (Å²) < 4.78 is 22.4. The van der Waals surface area contributed by atoms with Gasteiger partial charge in [-0.1, -0.05) is 12.1 Å². The molecule has 8 heteroatoms. The number of sulfone groups is 1. The largest absolute Gasteiger partial charge is 0.320 e. The number of hydrogen-bond acceptors (Lipinski definition) is 5. The molecule has 112 valence electrons. The third kappa shape index (κ3) is 4.12. The molecule has 7 nitrogen and oxygen atoms in total. The number of piperazine rings is 1. The van der Waals surface area contributed by atoms with Crippen molar-refractivity contribution in [1.82, 2.24) is 10.2 Å². The van der Waals surface area contributed by atoms with Gasteiger partial charge in [-0.15, -0.1) is 0 Å². The molecule has 1 heterocycles. The Labute approximate surface area is 121 Å². The first-order valence-electron chi connectivity index (χ1n) is 6.13. The van der Waals surface area contributed by atoms with Crippen molar-refractivity contribution in [1.29, 1.82) is 0 Å². The molecule has 0 aromatic heterocycles. The summed E-state index contributed by atoms with van der Waals surface area (Å²) in [5, 5.41) is 2.11. The summed E-state index contributed by atoms with van der Waals surface area (Å²) in [6.45, 7) is -0.342. The number of nitrogens with zero attached hydrogens (tertiary/aromatic N) is 1. The van der Waals surface area contributed by atoms with E-state index in [2.05, 4.69) is 5.32 Å². The minimum atomic E-state index is -3.14. The van der Waals surface area contributed by atoms with Crippen LogP contribution in [0.3, 0.4) is 0 Å². The van der Waals surface area contributed by atoms with Crippen LogP contribution in [-0.4, -0.2) is 50.4 Å². The van der Waals surface area contributed by atoms with Gasteiger partial charge in [0.1, 0.15) is 13.1 Å². The van der Waals surface area contributed by atoms with Crippen LogP contribution in [-0.2, 0) is 25.2 Å². The van der Waals surface area contributed by atoms with Gasteiger partial charge < -0.3 is 4.90 Å². The van der Waals surface area contributed by atoms with E-state index in [0.717, 1.165) is 11.2 Å². The van der Waals surface area contributed by atoms with Crippen LogP contribution in [0.2, 0.25) is 0 Å². The summed E-state index contributed by atoms with van der Waals surface area (Å²) in [5.41, 5.74) is 0.872. The second-order valence-electron chi connectivity index (χ2n) is 4.90. The topological polar surface area (TPSA) is 101 Å². The van der Waals surface area contributed by atoms with Crippen LogP contribution >= 0.6 is 0 Å². The summed E-state index contributed by atoms with van der Waals surface area (Å²) in [6.07, 6.45) is 1.13. The van der Waals surface area contributed by atoms with E-state index in [4.69, 9.17) is 0 Å². The van der Waals surface area contributed by atoms with Crippen molar-refractivity contribution in [2.75, 3.05) is 19.3 Å². The Kier molecular flexibility index (Phi) is 4.08. The molecule has 1 fully saturated rings. The quantitative estimate of drug-likeness (QED) is 0.746. The highest BCUT2D eigenvalue weighted by Crippen LogP contribution is 2.11. The van der Waals surface area contributed by atoms with E-state index in [-0.39, 0.29) is 18.8 Å². The van der Waals surface area contributed by atoms with Gasteiger partial charge in [0.15, 0.2) is 9.84 Å². The maximum Gasteiger partial charge on any atom is 0.254 e. The number of amides is 3. The molecule has 0 atom stereocenters. The SMILES string of the molecule is CS(=O)(=O)Cc1ccc(C(=O)N2CC(=O)NC(=O)C2)cc1. The van der Waals surface area contributed by atoms with Crippen molar-refractivity contribution in [3.63, 3.8) is 0 Å². The van der Waals surface area contributed by atoms with Crippen LogP contribution in [0.1, 0.15) is 15.9 Å². The van der Waals surface area contributed by atoms with Gasteiger partial charge in [-0.25, -0.2) is 8.42 Å². The standard InChI is InChI=1S/C13H14N2O5S/c1-21(19,20)8-9-2-4-10(5-3-9)13(18)15-6-11(16)14-12(17)7-15/h2-5H,6-8H2,1H3,(H,14,16,17). The molecule has 0 unspecified atom stereocenters. The monoisotopic (exact) mass is 310 g/mol. The highest BCUT2D eigenvalue weighted by molar-refractivity contribution is 7.89. The first-order chi connectivity index (χ1) is 9.74. The number of hydrogen-bond donors (Lipinski definition) is 1. The Bertz CT molecular complexity index is 678. The van der Waals surface area contributed by atoms with Crippen LogP contribution in [0.4, 0.5) is 0 Å². The molecule has 1 aromatic carbocycles. The Morgan fingerprint density at radius 1 is 1.14 bits per heavy atom. The van der Waals surface area contributed by atoms with E-state index in [1.165, 1.54) is 12.1 Å². The zero-order valence-electron chi connectivity index (χ0n) is 11.3. The van der Waals surface area contributed by atoms with Gasteiger partial charge in [0.25, 0.3) is 5.91 Å². The van der Waals surface area contributed by atoms with Gasteiger partial charge in [-0.2, -0.15) is 0 Å². The first-order valence-corrected chi connectivity index (χ1v) is 8.19. The summed E-state index contributed by atoms with van der Waals surface area (Å²) in [6, 6.07) is 6.06. The highest BCUT2D eigenvalue weighted by Gasteiger charge is 2.26. The zero-order chi connectivity index (χ0) is 15.6. The second kappa shape index (κ2) is 5.65. The van der Waals surface area contributed by atoms with Gasteiger partial charge in [-0.05, 0) is 17.7 Å². The Morgan fingerprint density at radius 2 is 1.67 bits per heavy atom. The normalized spacial score (nSPS) is 15.8. The van der Waals surface area contributed by atoms with Gasteiger partial charge in [0.05, 0.1) is 5.75 Å². The predicted molar refractivity (Wildman–Crippen MR) is 74.0 cm³/mol. The molecule has 1 N–H and O–H groups in total. The number of rotatable bonds is 3. The lowest BCUT2D eigenvalue weighted by atomic mass is 10.1. The van der Waals surface area contributed by atoms with Gasteiger partial charge in [0, 0.05) is 11.8 Å². The summed E-state index contributed by atoms with van der Waals surface area (Å²) >= 11 is 0. The Balaban J connectivity index is 2.13.